The van der Waals surface area contributed by atoms with E-state index in [1.54, 1.807) is 4.90 Å². The van der Waals surface area contributed by atoms with Crippen LogP contribution in [0.15, 0.2) is 48.5 Å². The number of ketones is 1. The number of rotatable bonds is 6. The van der Waals surface area contributed by atoms with Crippen LogP contribution < -0.4 is 9.80 Å². The lowest BCUT2D eigenvalue weighted by Gasteiger charge is -2.25. The van der Waals surface area contributed by atoms with E-state index >= 15 is 0 Å². The molecule has 1 N–H and O–H groups in total. The molecule has 2 aromatic carbocycles. The number of hydrogen-bond acceptors (Lipinski definition) is 3. The van der Waals surface area contributed by atoms with E-state index in [2.05, 4.69) is 11.8 Å². The molecule has 0 saturated heterocycles. The average molecular weight is 295 g/mol. The topological polar surface area (TPSA) is 47.4 Å². The highest BCUT2D eigenvalue weighted by Gasteiger charge is 2.15. The van der Waals surface area contributed by atoms with Crippen LogP contribution >= 0.6 is 0 Å². The second kappa shape index (κ2) is 6.89. The minimum atomic E-state index is 0.00964. The molecule has 0 aliphatic carbocycles. The molecule has 0 unspecified atom stereocenters. The van der Waals surface area contributed by atoms with E-state index in [9.17, 15) is 4.79 Å². The number of nitrogens with zero attached hydrogens (tertiary/aromatic N) is 2. The molecule has 0 spiro atoms. The Bertz CT molecular complexity index is 667. The molecule has 114 valence electrons. The van der Waals surface area contributed by atoms with E-state index in [1.165, 1.54) is 6.34 Å². The van der Waals surface area contributed by atoms with Gasteiger partial charge in [-0.1, -0.05) is 30.3 Å². The van der Waals surface area contributed by atoms with Crippen molar-refractivity contribution in [1.82, 2.24) is 0 Å². The highest BCUT2D eigenvalue weighted by Crippen LogP contribution is 2.29. The van der Waals surface area contributed by atoms with Gasteiger partial charge in [-0.25, -0.2) is 0 Å². The number of carbonyl (C=O) groups excluding carboxylic acids is 1. The van der Waals surface area contributed by atoms with Gasteiger partial charge < -0.3 is 9.80 Å². The lowest BCUT2D eigenvalue weighted by molar-refractivity contribution is 0.103. The van der Waals surface area contributed by atoms with E-state index < -0.39 is 0 Å². The maximum atomic E-state index is 12.6. The first-order valence-corrected chi connectivity index (χ1v) is 7.26. The van der Waals surface area contributed by atoms with Crippen molar-refractivity contribution in [2.75, 3.05) is 30.4 Å². The monoisotopic (exact) mass is 295 g/mol. The lowest BCUT2D eigenvalue weighted by atomic mass is 10.0. The Hall–Kier alpha value is -2.62. The fourth-order valence-corrected chi connectivity index (χ4v) is 2.26. The summed E-state index contributed by atoms with van der Waals surface area (Å²) in [6.45, 7) is 2.88. The molecular weight excluding hydrogens is 274 g/mol. The predicted octanol–water partition coefficient (Wildman–Crippen LogP) is 3.42. The molecule has 0 aromatic heterocycles. The standard InChI is InChI=1S/C18H21N3O/c1-4-20(2)17-12-15(10-11-16(17)21(3)13-19)18(22)14-8-6-5-7-9-14/h5-13,19H,4H2,1-3H3. The summed E-state index contributed by atoms with van der Waals surface area (Å²) in [7, 11) is 3.81. The number of hydrogen-bond donors (Lipinski definition) is 1. The minimum absolute atomic E-state index is 0.00964. The van der Waals surface area contributed by atoms with Gasteiger partial charge >= 0.3 is 0 Å². The number of nitrogens with one attached hydrogen (secondary N) is 1. The highest BCUT2D eigenvalue weighted by atomic mass is 16.1. The molecule has 0 fully saturated rings. The largest absolute Gasteiger partial charge is 0.373 e. The zero-order valence-electron chi connectivity index (χ0n) is 13.2. The molecule has 4 nitrogen and oxygen atoms in total. The number of carbonyl (C=O) groups is 1. The summed E-state index contributed by atoms with van der Waals surface area (Å²) in [5.74, 6) is 0.00964. The van der Waals surface area contributed by atoms with Crippen molar-refractivity contribution >= 4 is 23.5 Å². The molecule has 0 bridgehead atoms. The Morgan fingerprint density at radius 2 is 1.73 bits per heavy atom. The molecule has 0 aliphatic heterocycles. The Kier molecular flexibility index (Phi) is 4.94. The van der Waals surface area contributed by atoms with Gasteiger partial charge in [0.1, 0.15) is 0 Å². The van der Waals surface area contributed by atoms with Gasteiger partial charge in [0.25, 0.3) is 0 Å². The Labute approximate surface area is 131 Å². The Morgan fingerprint density at radius 1 is 1.05 bits per heavy atom. The molecule has 2 aromatic rings. The van der Waals surface area contributed by atoms with Crippen molar-refractivity contribution in [3.05, 3.63) is 59.7 Å². The predicted molar refractivity (Wildman–Crippen MR) is 92.4 cm³/mol. The molecule has 0 heterocycles. The molecule has 4 heteroatoms. The van der Waals surface area contributed by atoms with Crippen molar-refractivity contribution in [2.24, 2.45) is 0 Å². The average Bonchev–Trinajstić information content (AvgIpc) is 2.59. The van der Waals surface area contributed by atoms with Crippen LogP contribution in [-0.2, 0) is 0 Å². The normalized spacial score (nSPS) is 10.1. The summed E-state index contributed by atoms with van der Waals surface area (Å²) < 4.78 is 0. The van der Waals surface area contributed by atoms with Crippen LogP contribution in [0.3, 0.4) is 0 Å². The van der Waals surface area contributed by atoms with E-state index in [-0.39, 0.29) is 5.78 Å². The van der Waals surface area contributed by atoms with Crippen molar-refractivity contribution in [1.29, 1.82) is 5.41 Å². The van der Waals surface area contributed by atoms with Crippen LogP contribution in [0, 0.1) is 5.41 Å². The lowest BCUT2D eigenvalue weighted by Crippen LogP contribution is -2.22. The fraction of sp³-hybridized carbons (Fsp3) is 0.222. The summed E-state index contributed by atoms with van der Waals surface area (Å²) in [6, 6.07) is 14.9. The maximum absolute atomic E-state index is 12.6. The first kappa shape index (κ1) is 15.8. The van der Waals surface area contributed by atoms with Gasteiger partial charge in [-0.05, 0) is 25.1 Å². The van der Waals surface area contributed by atoms with Crippen molar-refractivity contribution < 1.29 is 4.79 Å². The summed E-state index contributed by atoms with van der Waals surface area (Å²) in [5.41, 5.74) is 3.18. The van der Waals surface area contributed by atoms with Crippen LogP contribution in [0.2, 0.25) is 0 Å². The summed E-state index contributed by atoms with van der Waals surface area (Å²) in [5, 5.41) is 7.43. The fourth-order valence-electron chi connectivity index (χ4n) is 2.26. The van der Waals surface area contributed by atoms with E-state index in [4.69, 9.17) is 5.41 Å². The van der Waals surface area contributed by atoms with Gasteiger partial charge in [-0.2, -0.15) is 0 Å². The second-order valence-electron chi connectivity index (χ2n) is 5.15. The number of benzene rings is 2. The van der Waals surface area contributed by atoms with Crippen molar-refractivity contribution in [3.8, 4) is 0 Å². The quantitative estimate of drug-likeness (QED) is 0.504. The maximum Gasteiger partial charge on any atom is 0.193 e. The third-order valence-electron chi connectivity index (χ3n) is 3.73. The van der Waals surface area contributed by atoms with Crippen LogP contribution in [0.4, 0.5) is 11.4 Å². The summed E-state index contributed by atoms with van der Waals surface area (Å²) >= 11 is 0. The van der Waals surface area contributed by atoms with Gasteiger partial charge in [0, 0.05) is 31.8 Å². The molecule has 2 rings (SSSR count). The van der Waals surface area contributed by atoms with Gasteiger partial charge in [0.05, 0.1) is 17.7 Å². The van der Waals surface area contributed by atoms with E-state index in [0.29, 0.717) is 11.1 Å². The third kappa shape index (κ3) is 3.17. The molecule has 0 atom stereocenters. The van der Waals surface area contributed by atoms with Crippen LogP contribution in [-0.4, -0.2) is 32.8 Å². The Morgan fingerprint density at radius 3 is 2.32 bits per heavy atom. The third-order valence-corrected chi connectivity index (χ3v) is 3.73. The molecular formula is C18H21N3O. The summed E-state index contributed by atoms with van der Waals surface area (Å²) in [6.07, 6.45) is 1.26. The first-order valence-electron chi connectivity index (χ1n) is 7.26. The van der Waals surface area contributed by atoms with Crippen molar-refractivity contribution in [3.63, 3.8) is 0 Å². The van der Waals surface area contributed by atoms with Crippen LogP contribution in [0.25, 0.3) is 0 Å². The molecule has 22 heavy (non-hydrogen) atoms. The van der Waals surface area contributed by atoms with E-state index in [0.717, 1.165) is 17.9 Å². The smallest absolute Gasteiger partial charge is 0.193 e. The molecule has 0 amide bonds. The minimum Gasteiger partial charge on any atom is -0.373 e. The molecule has 0 saturated carbocycles. The number of anilines is 2. The van der Waals surface area contributed by atoms with Gasteiger partial charge in [0.2, 0.25) is 0 Å². The zero-order chi connectivity index (χ0) is 16.1. The van der Waals surface area contributed by atoms with Crippen LogP contribution in [0.5, 0.6) is 0 Å². The molecule has 0 aliphatic rings. The zero-order valence-corrected chi connectivity index (χ0v) is 13.2. The van der Waals surface area contributed by atoms with Crippen LogP contribution in [0.1, 0.15) is 22.8 Å². The Balaban J connectivity index is 2.47. The van der Waals surface area contributed by atoms with Gasteiger partial charge in [-0.15, -0.1) is 0 Å². The van der Waals surface area contributed by atoms with Gasteiger partial charge in [-0.3, -0.25) is 10.2 Å². The highest BCUT2D eigenvalue weighted by molar-refractivity contribution is 6.10. The summed E-state index contributed by atoms with van der Waals surface area (Å²) in [4.78, 5) is 16.4. The van der Waals surface area contributed by atoms with Gasteiger partial charge in [0.15, 0.2) is 5.78 Å². The first-order chi connectivity index (χ1) is 10.6. The molecule has 0 radical (unpaired) electrons. The SMILES string of the molecule is CCN(C)c1cc(C(=O)c2ccccc2)ccc1N(C)C=N. The van der Waals surface area contributed by atoms with Crippen molar-refractivity contribution in [2.45, 2.75) is 6.92 Å². The second-order valence-corrected chi connectivity index (χ2v) is 5.15. The van der Waals surface area contributed by atoms with E-state index in [1.807, 2.05) is 62.6 Å².